The smallest absolute Gasteiger partial charge is 0.172 e. The van der Waals surface area contributed by atoms with E-state index in [-0.39, 0.29) is 0 Å². The van der Waals surface area contributed by atoms with Gasteiger partial charge in [-0.1, -0.05) is 31.5 Å². The first-order chi connectivity index (χ1) is 8.31. The molecule has 0 radical (unpaired) electrons. The molecule has 2 aliphatic carbocycles. The van der Waals surface area contributed by atoms with Crippen molar-refractivity contribution in [3.05, 3.63) is 0 Å². The molecule has 0 amide bonds. The van der Waals surface area contributed by atoms with Crippen molar-refractivity contribution in [1.29, 1.82) is 0 Å². The number of aliphatic imine (C=N–C) groups is 1. The lowest BCUT2D eigenvalue weighted by atomic mass is 9.83. The van der Waals surface area contributed by atoms with E-state index in [0.717, 1.165) is 29.5 Å². The van der Waals surface area contributed by atoms with Gasteiger partial charge in [0.2, 0.25) is 0 Å². The number of amidine groups is 1. The Morgan fingerprint density at radius 1 is 1.18 bits per heavy atom. The Hall–Kier alpha value is -0.220. The van der Waals surface area contributed by atoms with Crippen molar-refractivity contribution in [2.75, 3.05) is 6.54 Å². The normalized spacial score (nSPS) is 40.5. The van der Waals surface area contributed by atoms with Gasteiger partial charge >= 0.3 is 0 Å². The van der Waals surface area contributed by atoms with Crippen LogP contribution in [0.5, 0.6) is 0 Å². The Morgan fingerprint density at radius 2 is 1.94 bits per heavy atom. The van der Waals surface area contributed by atoms with Crippen molar-refractivity contribution in [1.82, 2.24) is 10.9 Å². The molecule has 2 saturated carbocycles. The van der Waals surface area contributed by atoms with Crippen molar-refractivity contribution < 1.29 is 0 Å². The van der Waals surface area contributed by atoms with E-state index in [1.807, 2.05) is 11.8 Å². The van der Waals surface area contributed by atoms with Crippen LogP contribution in [0.15, 0.2) is 4.99 Å². The number of thioether (sulfide) groups is 1. The second-order valence-electron chi connectivity index (χ2n) is 5.92. The maximum atomic E-state index is 4.74. The molecule has 0 bridgehead atoms. The van der Waals surface area contributed by atoms with Gasteiger partial charge in [0.15, 0.2) is 5.17 Å². The summed E-state index contributed by atoms with van der Waals surface area (Å²) in [4.78, 5) is 4.74. The molecule has 1 aliphatic heterocycles. The quantitative estimate of drug-likeness (QED) is 0.812. The second kappa shape index (κ2) is 5.19. The van der Waals surface area contributed by atoms with Crippen LogP contribution in [0, 0.1) is 17.8 Å². The molecule has 0 aromatic rings. The fraction of sp³-hybridized carbons (Fsp3) is 0.923. The highest BCUT2D eigenvalue weighted by Gasteiger charge is 2.36. The Labute approximate surface area is 108 Å². The summed E-state index contributed by atoms with van der Waals surface area (Å²) in [5.74, 6) is 2.66. The topological polar surface area (TPSA) is 36.4 Å². The molecule has 1 unspecified atom stereocenters. The lowest BCUT2D eigenvalue weighted by Crippen LogP contribution is -2.32. The third-order valence-electron chi connectivity index (χ3n) is 4.24. The van der Waals surface area contributed by atoms with E-state index in [4.69, 9.17) is 4.99 Å². The van der Waals surface area contributed by atoms with E-state index < -0.39 is 0 Å². The van der Waals surface area contributed by atoms with Crippen molar-refractivity contribution in [2.45, 2.75) is 50.8 Å². The molecule has 0 aromatic carbocycles. The van der Waals surface area contributed by atoms with Gasteiger partial charge in [0.05, 0.1) is 5.37 Å². The van der Waals surface area contributed by atoms with E-state index in [1.165, 1.54) is 38.5 Å². The maximum Gasteiger partial charge on any atom is 0.172 e. The van der Waals surface area contributed by atoms with Gasteiger partial charge < -0.3 is 0 Å². The Kier molecular flexibility index (Phi) is 3.61. The number of hydrogen-bond donors (Lipinski definition) is 2. The molecule has 0 spiro atoms. The minimum absolute atomic E-state index is 0.583. The molecule has 1 atom stereocenters. The zero-order valence-electron chi connectivity index (χ0n) is 10.6. The van der Waals surface area contributed by atoms with Gasteiger partial charge in [-0.2, -0.15) is 0 Å². The first-order valence-electron chi connectivity index (χ1n) is 7.04. The Bertz CT molecular complexity index is 293. The van der Waals surface area contributed by atoms with Crippen molar-refractivity contribution in [2.24, 2.45) is 22.7 Å². The average Bonchev–Trinajstić information content (AvgIpc) is 3.09. The van der Waals surface area contributed by atoms with Gasteiger partial charge in [-0.3, -0.25) is 10.4 Å². The van der Waals surface area contributed by atoms with Crippen LogP contribution in [0.3, 0.4) is 0 Å². The number of nitrogens with one attached hydrogen (secondary N) is 2. The lowest BCUT2D eigenvalue weighted by molar-refractivity contribution is 0.296. The molecule has 17 heavy (non-hydrogen) atoms. The molecule has 3 nitrogen and oxygen atoms in total. The average molecular weight is 253 g/mol. The van der Waals surface area contributed by atoms with Gasteiger partial charge in [-0.25, -0.2) is 5.43 Å². The Balaban J connectivity index is 1.43. The number of rotatable bonds is 3. The first kappa shape index (κ1) is 11.8. The summed E-state index contributed by atoms with van der Waals surface area (Å²) in [6, 6.07) is 0. The molecule has 1 heterocycles. The summed E-state index contributed by atoms with van der Waals surface area (Å²) in [5, 5.41) is 1.71. The zero-order chi connectivity index (χ0) is 11.7. The van der Waals surface area contributed by atoms with Crippen LogP contribution in [0.2, 0.25) is 0 Å². The van der Waals surface area contributed by atoms with Gasteiger partial charge in [-0.15, -0.1) is 0 Å². The van der Waals surface area contributed by atoms with Gasteiger partial charge in [0.25, 0.3) is 0 Å². The van der Waals surface area contributed by atoms with E-state index >= 15 is 0 Å². The van der Waals surface area contributed by atoms with E-state index in [0.29, 0.717) is 5.37 Å². The lowest BCUT2D eigenvalue weighted by Gasteiger charge is -2.24. The number of hydrogen-bond acceptors (Lipinski definition) is 3. The molecular formula is C13H23N3S. The van der Waals surface area contributed by atoms with Crippen LogP contribution in [-0.4, -0.2) is 17.1 Å². The standard InChI is InChI=1S/C13H23N3S/c1-9-2-4-10(5-3-9)8-14-13-16-15-12(17-13)11-6-7-11/h9-12,15H,2-8H2,1H3,(H,14,16). The minimum Gasteiger partial charge on any atom is -0.299 e. The summed E-state index contributed by atoms with van der Waals surface area (Å²) < 4.78 is 0. The predicted octanol–water partition coefficient (Wildman–Crippen LogP) is 2.75. The fourth-order valence-corrected chi connectivity index (χ4v) is 3.82. The van der Waals surface area contributed by atoms with Crippen molar-refractivity contribution in [3.63, 3.8) is 0 Å². The largest absolute Gasteiger partial charge is 0.299 e. The van der Waals surface area contributed by atoms with Crippen LogP contribution >= 0.6 is 11.8 Å². The predicted molar refractivity (Wildman–Crippen MR) is 73.8 cm³/mol. The zero-order valence-corrected chi connectivity index (χ0v) is 11.4. The summed E-state index contributed by atoms with van der Waals surface area (Å²) in [6.45, 7) is 3.40. The molecule has 96 valence electrons. The molecular weight excluding hydrogens is 230 g/mol. The molecule has 4 heteroatoms. The maximum absolute atomic E-state index is 4.74. The SMILES string of the molecule is CC1CCC(CN=C2NNC(C3CC3)S2)CC1. The molecule has 3 rings (SSSR count). The van der Waals surface area contributed by atoms with Crippen LogP contribution in [0.25, 0.3) is 0 Å². The minimum atomic E-state index is 0.583. The van der Waals surface area contributed by atoms with Crippen LogP contribution < -0.4 is 10.9 Å². The Morgan fingerprint density at radius 3 is 2.65 bits per heavy atom. The molecule has 2 N–H and O–H groups in total. The van der Waals surface area contributed by atoms with Crippen LogP contribution in [-0.2, 0) is 0 Å². The van der Waals surface area contributed by atoms with Gasteiger partial charge in [-0.05, 0) is 43.4 Å². The molecule has 3 fully saturated rings. The van der Waals surface area contributed by atoms with Crippen molar-refractivity contribution in [3.8, 4) is 0 Å². The second-order valence-corrected chi connectivity index (χ2v) is 7.05. The van der Waals surface area contributed by atoms with E-state index in [2.05, 4.69) is 17.8 Å². The third kappa shape index (κ3) is 3.16. The number of nitrogens with zero attached hydrogens (tertiary/aromatic N) is 1. The molecule has 3 aliphatic rings. The van der Waals surface area contributed by atoms with Crippen LogP contribution in [0.4, 0.5) is 0 Å². The van der Waals surface area contributed by atoms with Crippen molar-refractivity contribution >= 4 is 16.9 Å². The summed E-state index contributed by atoms with van der Waals surface area (Å²) >= 11 is 1.90. The van der Waals surface area contributed by atoms with Gasteiger partial charge in [0, 0.05) is 6.54 Å². The van der Waals surface area contributed by atoms with E-state index in [1.54, 1.807) is 0 Å². The summed E-state index contributed by atoms with van der Waals surface area (Å²) in [7, 11) is 0. The highest BCUT2D eigenvalue weighted by Crippen LogP contribution is 2.39. The third-order valence-corrected chi connectivity index (χ3v) is 5.45. The highest BCUT2D eigenvalue weighted by molar-refractivity contribution is 8.14. The number of hydrazine groups is 1. The highest BCUT2D eigenvalue weighted by atomic mass is 32.2. The molecule has 1 saturated heterocycles. The monoisotopic (exact) mass is 253 g/mol. The molecule has 0 aromatic heterocycles. The van der Waals surface area contributed by atoms with Gasteiger partial charge in [0.1, 0.15) is 0 Å². The van der Waals surface area contributed by atoms with Crippen LogP contribution in [0.1, 0.15) is 45.4 Å². The summed E-state index contributed by atoms with van der Waals surface area (Å²) in [5.41, 5.74) is 6.58. The fourth-order valence-electron chi connectivity index (χ4n) is 2.73. The van der Waals surface area contributed by atoms with E-state index in [9.17, 15) is 0 Å². The summed E-state index contributed by atoms with van der Waals surface area (Å²) in [6.07, 6.45) is 8.34. The first-order valence-corrected chi connectivity index (χ1v) is 7.92.